The van der Waals surface area contributed by atoms with Gasteiger partial charge in [0.1, 0.15) is 0 Å². The molecule has 5 nitrogen and oxygen atoms in total. The molecule has 0 aromatic heterocycles. The Morgan fingerprint density at radius 1 is 1.64 bits per heavy atom. The first-order valence-corrected chi connectivity index (χ1v) is 4.25. The van der Waals surface area contributed by atoms with Gasteiger partial charge in [-0.05, 0) is 0 Å². The van der Waals surface area contributed by atoms with Crippen molar-refractivity contribution in [1.29, 1.82) is 0 Å². The quantitative estimate of drug-likeness (QED) is 0.652. The van der Waals surface area contributed by atoms with Gasteiger partial charge in [-0.2, -0.15) is 0 Å². The summed E-state index contributed by atoms with van der Waals surface area (Å²) in [5.41, 5.74) is 0. The summed E-state index contributed by atoms with van der Waals surface area (Å²) in [6.45, 7) is 1.97. The first-order valence-electron chi connectivity index (χ1n) is 4.25. The Hall–Kier alpha value is -1.07. The highest BCUT2D eigenvalue weighted by molar-refractivity contribution is 5.85. The third kappa shape index (κ3) is 1.73. The van der Waals surface area contributed by atoms with E-state index in [2.05, 4.69) is 0 Å². The summed E-state index contributed by atoms with van der Waals surface area (Å²) in [7, 11) is 2.88. The second kappa shape index (κ2) is 3.98. The van der Waals surface area contributed by atoms with Crippen molar-refractivity contribution in [3.8, 4) is 0 Å². The first kappa shape index (κ1) is 11.0. The average Bonchev–Trinajstić information content (AvgIpc) is 2.43. The predicted molar refractivity (Wildman–Crippen MR) is 47.2 cm³/mol. The molecule has 2 atom stereocenters. The average molecular weight is 202 g/mol. The largest absolute Gasteiger partial charge is 0.494 e. The number of hydrogen-bond donors (Lipinski definition) is 1. The highest BCUT2D eigenvalue weighted by Crippen LogP contribution is 2.33. The van der Waals surface area contributed by atoms with Gasteiger partial charge in [-0.25, -0.2) is 4.79 Å². The molecule has 0 aromatic rings. The van der Waals surface area contributed by atoms with Crippen molar-refractivity contribution >= 4 is 5.97 Å². The fourth-order valence-electron chi connectivity index (χ4n) is 1.36. The molecule has 0 aliphatic carbocycles. The molecule has 14 heavy (non-hydrogen) atoms. The van der Waals surface area contributed by atoms with Crippen LogP contribution in [0.1, 0.15) is 6.92 Å². The van der Waals surface area contributed by atoms with E-state index in [1.165, 1.54) is 14.2 Å². The van der Waals surface area contributed by atoms with Crippen molar-refractivity contribution in [1.82, 2.24) is 0 Å². The molecule has 1 N–H and O–H groups in total. The lowest BCUT2D eigenvalue weighted by Gasteiger charge is -2.29. The van der Waals surface area contributed by atoms with Crippen molar-refractivity contribution in [2.45, 2.75) is 12.7 Å². The van der Waals surface area contributed by atoms with E-state index in [9.17, 15) is 9.90 Å². The predicted octanol–water partition coefficient (Wildman–Crippen LogP) is 0.0446. The number of hydrogen-bond acceptors (Lipinski definition) is 5. The number of carbonyl (C=O) groups excluding carboxylic acids is 1. The van der Waals surface area contributed by atoms with Crippen LogP contribution in [-0.4, -0.2) is 37.7 Å². The van der Waals surface area contributed by atoms with Gasteiger partial charge >= 0.3 is 5.97 Å². The van der Waals surface area contributed by atoms with Gasteiger partial charge in [-0.15, -0.1) is 0 Å². The monoisotopic (exact) mass is 202 g/mol. The third-order valence-corrected chi connectivity index (χ3v) is 2.16. The molecule has 2 unspecified atom stereocenters. The Balaban J connectivity index is 2.83. The lowest BCUT2D eigenvalue weighted by Crippen LogP contribution is -2.41. The third-order valence-electron chi connectivity index (χ3n) is 2.16. The molecule has 0 saturated carbocycles. The van der Waals surface area contributed by atoms with E-state index in [-0.39, 0.29) is 18.3 Å². The molecule has 0 spiro atoms. The first-order chi connectivity index (χ1) is 6.54. The number of carbonyl (C=O) groups is 1. The summed E-state index contributed by atoms with van der Waals surface area (Å²) in [6, 6.07) is 0. The molecule has 0 saturated heterocycles. The van der Waals surface area contributed by atoms with Gasteiger partial charge in [0, 0.05) is 7.11 Å². The summed E-state index contributed by atoms with van der Waals surface area (Å²) in [4.78, 5) is 11.0. The second-order valence-corrected chi connectivity index (χ2v) is 3.19. The number of aliphatic hydroxyl groups is 1. The van der Waals surface area contributed by atoms with Crippen LogP contribution in [-0.2, 0) is 19.0 Å². The van der Waals surface area contributed by atoms with Crippen molar-refractivity contribution in [3.63, 3.8) is 0 Å². The van der Waals surface area contributed by atoms with E-state index in [0.717, 1.165) is 6.08 Å². The zero-order valence-electron chi connectivity index (χ0n) is 8.44. The molecule has 0 fully saturated rings. The van der Waals surface area contributed by atoms with Crippen molar-refractivity contribution in [3.05, 3.63) is 11.8 Å². The fourth-order valence-corrected chi connectivity index (χ4v) is 1.36. The normalized spacial score (nSPS) is 28.3. The molecular weight excluding hydrogens is 188 g/mol. The highest BCUT2D eigenvalue weighted by Gasteiger charge is 2.47. The number of ether oxygens (including phenoxy) is 3. The van der Waals surface area contributed by atoms with Gasteiger partial charge in [-0.1, -0.05) is 6.92 Å². The van der Waals surface area contributed by atoms with E-state index in [0.29, 0.717) is 0 Å². The minimum atomic E-state index is -1.69. The van der Waals surface area contributed by atoms with Gasteiger partial charge in [0.05, 0.1) is 25.7 Å². The van der Waals surface area contributed by atoms with Gasteiger partial charge < -0.3 is 19.3 Å². The lowest BCUT2D eigenvalue weighted by molar-refractivity contribution is -0.215. The van der Waals surface area contributed by atoms with Gasteiger partial charge in [0.15, 0.2) is 5.76 Å². The van der Waals surface area contributed by atoms with Crippen LogP contribution in [0.15, 0.2) is 11.8 Å². The number of methoxy groups -OCH3 is 2. The van der Waals surface area contributed by atoms with E-state index in [1.807, 2.05) is 0 Å². The van der Waals surface area contributed by atoms with Crippen molar-refractivity contribution in [2.24, 2.45) is 5.92 Å². The zero-order valence-corrected chi connectivity index (χ0v) is 8.44. The van der Waals surface area contributed by atoms with Crippen LogP contribution in [0.25, 0.3) is 0 Å². The maximum absolute atomic E-state index is 11.0. The van der Waals surface area contributed by atoms with E-state index < -0.39 is 11.8 Å². The molecule has 5 heteroatoms. The number of rotatable bonds is 4. The second-order valence-electron chi connectivity index (χ2n) is 3.19. The summed E-state index contributed by atoms with van der Waals surface area (Å²) < 4.78 is 14.5. The molecule has 1 aliphatic rings. The summed E-state index contributed by atoms with van der Waals surface area (Å²) in [6.07, 6.45) is 1.13. The smallest absolute Gasteiger partial charge is 0.337 e. The van der Waals surface area contributed by atoms with Crippen LogP contribution >= 0.6 is 0 Å². The molecule has 80 valence electrons. The van der Waals surface area contributed by atoms with Crippen molar-refractivity contribution < 1.29 is 24.1 Å². The van der Waals surface area contributed by atoms with Crippen LogP contribution < -0.4 is 0 Å². The van der Waals surface area contributed by atoms with E-state index >= 15 is 0 Å². The molecular formula is C9H14O5. The molecule has 1 aliphatic heterocycles. The minimum Gasteiger partial charge on any atom is -0.494 e. The molecule has 1 heterocycles. The SMILES string of the molecule is COCC(C)C1(O)OC(=O)C=C1OC. The maximum Gasteiger partial charge on any atom is 0.337 e. The van der Waals surface area contributed by atoms with Crippen LogP contribution in [0.4, 0.5) is 0 Å². The Kier molecular flexibility index (Phi) is 3.13. The van der Waals surface area contributed by atoms with Gasteiger partial charge in [0.25, 0.3) is 5.79 Å². The van der Waals surface area contributed by atoms with Crippen LogP contribution in [0.5, 0.6) is 0 Å². The van der Waals surface area contributed by atoms with E-state index in [4.69, 9.17) is 14.2 Å². The Bertz CT molecular complexity index is 260. The Morgan fingerprint density at radius 2 is 2.29 bits per heavy atom. The minimum absolute atomic E-state index is 0.118. The van der Waals surface area contributed by atoms with Gasteiger partial charge in [0.2, 0.25) is 0 Å². The van der Waals surface area contributed by atoms with Crippen LogP contribution in [0, 0.1) is 5.92 Å². The van der Waals surface area contributed by atoms with Crippen LogP contribution in [0.2, 0.25) is 0 Å². The number of cyclic esters (lactones) is 1. The Labute approximate surface area is 82.3 Å². The highest BCUT2D eigenvalue weighted by atomic mass is 16.7. The van der Waals surface area contributed by atoms with Crippen molar-refractivity contribution in [2.75, 3.05) is 20.8 Å². The molecule has 0 aromatic carbocycles. The maximum atomic E-state index is 11.0. The topological polar surface area (TPSA) is 65.0 Å². The molecule has 1 rings (SSSR count). The molecule has 0 bridgehead atoms. The van der Waals surface area contributed by atoms with Gasteiger partial charge in [-0.3, -0.25) is 0 Å². The lowest BCUT2D eigenvalue weighted by atomic mass is 10.0. The zero-order chi connectivity index (χ0) is 10.8. The molecule has 0 radical (unpaired) electrons. The summed E-state index contributed by atoms with van der Waals surface area (Å²) in [5, 5.41) is 10.0. The summed E-state index contributed by atoms with van der Waals surface area (Å²) >= 11 is 0. The summed E-state index contributed by atoms with van der Waals surface area (Å²) in [5.74, 6) is -2.56. The Morgan fingerprint density at radius 3 is 2.79 bits per heavy atom. The molecule has 0 amide bonds. The van der Waals surface area contributed by atoms with Crippen LogP contribution in [0.3, 0.4) is 0 Å². The fraction of sp³-hybridized carbons (Fsp3) is 0.667. The van der Waals surface area contributed by atoms with E-state index in [1.54, 1.807) is 6.92 Å². The number of esters is 1. The standard InChI is InChI=1S/C9H14O5/c1-6(5-12-2)9(11)7(13-3)4-8(10)14-9/h4,6,11H,5H2,1-3H3.